The lowest BCUT2D eigenvalue weighted by Gasteiger charge is -2.37. The summed E-state index contributed by atoms with van der Waals surface area (Å²) in [6, 6.07) is 5.10. The van der Waals surface area contributed by atoms with Gasteiger partial charge in [0.25, 0.3) is 9.84 Å². The lowest BCUT2D eigenvalue weighted by molar-refractivity contribution is -0.0435. The van der Waals surface area contributed by atoms with Crippen molar-refractivity contribution < 1.29 is 21.6 Å². The third-order valence-electron chi connectivity index (χ3n) is 3.67. The first kappa shape index (κ1) is 16.1. The number of alkyl halides is 3. The van der Waals surface area contributed by atoms with Crippen LogP contribution in [-0.2, 0) is 9.84 Å². The van der Waals surface area contributed by atoms with E-state index in [1.165, 1.54) is 18.2 Å². The number of piperidine rings is 1. The molecule has 4 nitrogen and oxygen atoms in total. The summed E-state index contributed by atoms with van der Waals surface area (Å²) in [5, 5.41) is 0. The third-order valence-corrected chi connectivity index (χ3v) is 5.20. The van der Waals surface area contributed by atoms with E-state index in [0.717, 1.165) is 25.3 Å². The van der Waals surface area contributed by atoms with Crippen LogP contribution in [0.25, 0.3) is 0 Å². The molecule has 1 heterocycles. The molecule has 1 aliphatic rings. The van der Waals surface area contributed by atoms with Crippen LogP contribution in [0.5, 0.6) is 0 Å². The van der Waals surface area contributed by atoms with Crippen molar-refractivity contribution in [2.75, 3.05) is 18.0 Å². The van der Waals surface area contributed by atoms with E-state index < -0.39 is 20.2 Å². The maximum absolute atomic E-state index is 12.8. The van der Waals surface area contributed by atoms with Crippen LogP contribution in [-0.4, -0.2) is 33.1 Å². The lowest BCUT2D eigenvalue weighted by atomic mass is 10.0. The second-order valence-electron chi connectivity index (χ2n) is 5.00. The minimum Gasteiger partial charge on any atom is -0.366 e. The molecular formula is C13H17F3N2O2S. The van der Waals surface area contributed by atoms with Crippen molar-refractivity contribution in [1.82, 2.24) is 0 Å². The van der Waals surface area contributed by atoms with Gasteiger partial charge in [0, 0.05) is 19.1 Å². The number of nitrogens with zero attached hydrogens (tertiary/aromatic N) is 1. The molecule has 0 spiro atoms. The number of benzene rings is 1. The Hall–Kier alpha value is -1.28. The topological polar surface area (TPSA) is 63.4 Å². The van der Waals surface area contributed by atoms with Crippen LogP contribution in [0.3, 0.4) is 0 Å². The maximum Gasteiger partial charge on any atom is 0.501 e. The molecule has 8 heteroatoms. The first-order valence-electron chi connectivity index (χ1n) is 6.66. The summed E-state index contributed by atoms with van der Waals surface area (Å²) in [5.41, 5.74) is 0.442. The fourth-order valence-electron chi connectivity index (χ4n) is 2.61. The van der Waals surface area contributed by atoms with E-state index in [4.69, 9.17) is 5.73 Å². The zero-order chi connectivity index (χ0) is 15.7. The minimum atomic E-state index is -5.37. The third kappa shape index (κ3) is 3.01. The highest BCUT2D eigenvalue weighted by Gasteiger charge is 2.48. The number of para-hydroxylation sites is 1. The molecule has 1 aliphatic heterocycles. The SMILES string of the molecule is NCC1CCCCN1c1ccccc1S(=O)(=O)C(F)(F)F. The second kappa shape index (κ2) is 5.84. The number of halogens is 3. The molecule has 0 aromatic heterocycles. The molecule has 1 atom stereocenters. The summed E-state index contributed by atoms with van der Waals surface area (Å²) in [5.74, 6) is 0. The van der Waals surface area contributed by atoms with E-state index in [9.17, 15) is 21.6 Å². The first-order valence-corrected chi connectivity index (χ1v) is 8.14. The Kier molecular flexibility index (Phi) is 4.48. The van der Waals surface area contributed by atoms with Crippen LogP contribution in [0, 0.1) is 0 Å². The Morgan fingerprint density at radius 1 is 1.24 bits per heavy atom. The van der Waals surface area contributed by atoms with Crippen LogP contribution < -0.4 is 10.6 Å². The predicted octanol–water partition coefficient (Wildman–Crippen LogP) is 2.30. The van der Waals surface area contributed by atoms with Gasteiger partial charge in [0.2, 0.25) is 0 Å². The van der Waals surface area contributed by atoms with Crippen molar-refractivity contribution >= 4 is 15.5 Å². The van der Waals surface area contributed by atoms with Gasteiger partial charge in [-0.1, -0.05) is 12.1 Å². The lowest BCUT2D eigenvalue weighted by Crippen LogP contribution is -2.45. The first-order chi connectivity index (χ1) is 9.79. The number of sulfone groups is 1. The molecule has 21 heavy (non-hydrogen) atoms. The normalized spacial score (nSPS) is 20.6. The Balaban J connectivity index is 2.51. The van der Waals surface area contributed by atoms with Gasteiger partial charge in [-0.3, -0.25) is 0 Å². The van der Waals surface area contributed by atoms with E-state index >= 15 is 0 Å². The van der Waals surface area contributed by atoms with E-state index in [2.05, 4.69) is 0 Å². The van der Waals surface area contributed by atoms with E-state index in [-0.39, 0.29) is 18.3 Å². The van der Waals surface area contributed by atoms with Gasteiger partial charge in [0.05, 0.1) is 10.6 Å². The number of nitrogens with two attached hydrogens (primary N) is 1. The molecule has 1 aromatic rings. The van der Waals surface area contributed by atoms with Crippen LogP contribution >= 0.6 is 0 Å². The molecule has 2 N–H and O–H groups in total. The van der Waals surface area contributed by atoms with Crippen molar-refractivity contribution in [2.24, 2.45) is 5.73 Å². The Labute approximate surface area is 121 Å². The van der Waals surface area contributed by atoms with Crippen LogP contribution in [0.1, 0.15) is 19.3 Å². The largest absolute Gasteiger partial charge is 0.501 e. The highest BCUT2D eigenvalue weighted by Crippen LogP contribution is 2.37. The van der Waals surface area contributed by atoms with E-state index in [1.54, 1.807) is 4.90 Å². The van der Waals surface area contributed by atoms with Gasteiger partial charge in [0.1, 0.15) is 0 Å². The standard InChI is InChI=1S/C13H17F3N2O2S/c14-13(15,16)21(19,20)12-7-2-1-6-11(12)18-8-4-3-5-10(18)9-17/h1-2,6-7,10H,3-5,8-9,17H2. The van der Waals surface area contributed by atoms with Gasteiger partial charge in [-0.05, 0) is 31.4 Å². The Bertz CT molecular complexity index is 602. The highest BCUT2D eigenvalue weighted by molar-refractivity contribution is 7.92. The Morgan fingerprint density at radius 2 is 1.90 bits per heavy atom. The number of anilines is 1. The zero-order valence-electron chi connectivity index (χ0n) is 11.3. The molecule has 0 saturated carbocycles. The van der Waals surface area contributed by atoms with Gasteiger partial charge in [-0.15, -0.1) is 0 Å². The van der Waals surface area contributed by atoms with Gasteiger partial charge in [-0.2, -0.15) is 13.2 Å². The molecule has 0 amide bonds. The average Bonchev–Trinajstić information content (AvgIpc) is 2.46. The molecule has 0 aliphatic carbocycles. The molecule has 1 fully saturated rings. The van der Waals surface area contributed by atoms with Gasteiger partial charge >= 0.3 is 5.51 Å². The summed E-state index contributed by atoms with van der Waals surface area (Å²) >= 11 is 0. The Morgan fingerprint density at radius 3 is 2.52 bits per heavy atom. The van der Waals surface area contributed by atoms with Gasteiger partial charge < -0.3 is 10.6 Å². The van der Waals surface area contributed by atoms with E-state index in [1.807, 2.05) is 0 Å². The summed E-state index contributed by atoms with van der Waals surface area (Å²) in [6.07, 6.45) is 2.49. The van der Waals surface area contributed by atoms with Crippen LogP contribution in [0.4, 0.5) is 18.9 Å². The molecular weight excluding hydrogens is 305 g/mol. The monoisotopic (exact) mass is 322 g/mol. The highest BCUT2D eigenvalue weighted by atomic mass is 32.2. The average molecular weight is 322 g/mol. The fraction of sp³-hybridized carbons (Fsp3) is 0.538. The molecule has 1 aromatic carbocycles. The number of rotatable bonds is 3. The predicted molar refractivity (Wildman–Crippen MR) is 73.7 cm³/mol. The van der Waals surface area contributed by atoms with E-state index in [0.29, 0.717) is 6.54 Å². The molecule has 2 rings (SSSR count). The smallest absolute Gasteiger partial charge is 0.366 e. The minimum absolute atomic E-state index is 0.0879. The number of hydrogen-bond acceptors (Lipinski definition) is 4. The van der Waals surface area contributed by atoms with Crippen molar-refractivity contribution in [3.63, 3.8) is 0 Å². The molecule has 1 unspecified atom stereocenters. The fourth-order valence-corrected chi connectivity index (χ4v) is 3.58. The molecule has 0 bridgehead atoms. The van der Waals surface area contributed by atoms with Crippen LogP contribution in [0.2, 0.25) is 0 Å². The molecule has 0 radical (unpaired) electrons. The number of hydrogen-bond donors (Lipinski definition) is 1. The zero-order valence-corrected chi connectivity index (χ0v) is 12.1. The van der Waals surface area contributed by atoms with Crippen molar-refractivity contribution in [3.8, 4) is 0 Å². The summed E-state index contributed by atoms with van der Waals surface area (Å²) in [4.78, 5) is 0.986. The molecule has 1 saturated heterocycles. The second-order valence-corrected chi connectivity index (χ2v) is 6.91. The summed E-state index contributed by atoms with van der Waals surface area (Å²) < 4.78 is 61.9. The quantitative estimate of drug-likeness (QED) is 0.927. The van der Waals surface area contributed by atoms with Gasteiger partial charge in [-0.25, -0.2) is 8.42 Å². The van der Waals surface area contributed by atoms with Crippen molar-refractivity contribution in [2.45, 2.75) is 35.7 Å². The van der Waals surface area contributed by atoms with Crippen molar-refractivity contribution in [3.05, 3.63) is 24.3 Å². The maximum atomic E-state index is 12.8. The summed E-state index contributed by atoms with van der Waals surface area (Å²) in [6.45, 7) is 0.784. The van der Waals surface area contributed by atoms with Gasteiger partial charge in [0.15, 0.2) is 0 Å². The summed E-state index contributed by atoms with van der Waals surface area (Å²) in [7, 11) is -5.37. The molecule has 118 valence electrons. The van der Waals surface area contributed by atoms with Crippen LogP contribution in [0.15, 0.2) is 29.2 Å². The van der Waals surface area contributed by atoms with Crippen molar-refractivity contribution in [1.29, 1.82) is 0 Å².